The van der Waals surface area contributed by atoms with E-state index in [0.717, 1.165) is 28.7 Å². The highest BCUT2D eigenvalue weighted by atomic mass is 15.0. The molecular weight excluding hydrogens is 210 g/mol. The third-order valence-electron chi connectivity index (χ3n) is 4.37. The Morgan fingerprint density at radius 3 is 2.88 bits per heavy atom. The fourth-order valence-corrected chi connectivity index (χ4v) is 3.53. The molecule has 2 unspecified atom stereocenters. The molecular formula is C14H13N3. The summed E-state index contributed by atoms with van der Waals surface area (Å²) in [5, 5.41) is 9.06. The van der Waals surface area contributed by atoms with Gasteiger partial charge in [-0.05, 0) is 36.8 Å². The van der Waals surface area contributed by atoms with E-state index < -0.39 is 0 Å². The summed E-state index contributed by atoms with van der Waals surface area (Å²) in [6.07, 6.45) is 4.10. The molecule has 2 aliphatic carbocycles. The van der Waals surface area contributed by atoms with E-state index in [1.807, 2.05) is 18.2 Å². The van der Waals surface area contributed by atoms with E-state index in [-0.39, 0.29) is 0 Å². The predicted octanol–water partition coefficient (Wildman–Crippen LogP) is 2.95. The van der Waals surface area contributed by atoms with E-state index >= 15 is 0 Å². The van der Waals surface area contributed by atoms with E-state index in [1.165, 1.54) is 19.3 Å². The second-order valence-electron chi connectivity index (χ2n) is 5.22. The van der Waals surface area contributed by atoms with Crippen molar-refractivity contribution in [2.75, 3.05) is 0 Å². The highest BCUT2D eigenvalue weighted by Gasteiger charge is 2.54. The number of hydrogen-bond donors (Lipinski definition) is 1. The highest BCUT2D eigenvalue weighted by Crippen LogP contribution is 2.62. The summed E-state index contributed by atoms with van der Waals surface area (Å²) in [4.78, 5) is 8.05. The Labute approximate surface area is 99.5 Å². The van der Waals surface area contributed by atoms with Gasteiger partial charge < -0.3 is 4.98 Å². The van der Waals surface area contributed by atoms with Gasteiger partial charge in [-0.15, -0.1) is 0 Å². The van der Waals surface area contributed by atoms with Gasteiger partial charge in [0.25, 0.3) is 0 Å². The van der Waals surface area contributed by atoms with Crippen LogP contribution in [-0.4, -0.2) is 9.97 Å². The monoisotopic (exact) mass is 223 g/mol. The van der Waals surface area contributed by atoms with Crippen molar-refractivity contribution in [2.24, 2.45) is 11.8 Å². The van der Waals surface area contributed by atoms with Crippen LogP contribution in [0.5, 0.6) is 0 Å². The molecule has 17 heavy (non-hydrogen) atoms. The molecule has 0 spiro atoms. The van der Waals surface area contributed by atoms with Crippen LogP contribution in [0.1, 0.15) is 36.6 Å². The van der Waals surface area contributed by atoms with Crippen molar-refractivity contribution in [3.8, 4) is 6.07 Å². The molecule has 3 heteroatoms. The van der Waals surface area contributed by atoms with Crippen molar-refractivity contribution < 1.29 is 0 Å². The van der Waals surface area contributed by atoms with Crippen LogP contribution < -0.4 is 0 Å². The number of fused-ring (bicyclic) bond motifs is 2. The van der Waals surface area contributed by atoms with Gasteiger partial charge >= 0.3 is 0 Å². The Morgan fingerprint density at radius 2 is 2.12 bits per heavy atom. The predicted molar refractivity (Wildman–Crippen MR) is 64.4 cm³/mol. The third-order valence-corrected chi connectivity index (χ3v) is 4.37. The van der Waals surface area contributed by atoms with E-state index in [2.05, 4.69) is 16.0 Å². The Hall–Kier alpha value is -1.82. The second kappa shape index (κ2) is 3.10. The first-order chi connectivity index (χ1) is 8.38. The lowest BCUT2D eigenvalue weighted by Gasteiger charge is -1.97. The molecule has 1 aromatic heterocycles. The second-order valence-corrected chi connectivity index (χ2v) is 5.22. The van der Waals surface area contributed by atoms with Crippen molar-refractivity contribution >= 4 is 11.0 Å². The molecule has 4 rings (SSSR count). The van der Waals surface area contributed by atoms with Crippen molar-refractivity contribution in [1.29, 1.82) is 5.26 Å². The zero-order valence-corrected chi connectivity index (χ0v) is 9.48. The topological polar surface area (TPSA) is 52.5 Å². The van der Waals surface area contributed by atoms with Gasteiger partial charge in [0, 0.05) is 5.92 Å². The normalized spacial score (nSPS) is 30.2. The summed E-state index contributed by atoms with van der Waals surface area (Å²) in [6.45, 7) is 0. The van der Waals surface area contributed by atoms with Crippen LogP contribution >= 0.6 is 0 Å². The molecule has 1 aromatic carbocycles. The molecule has 0 radical (unpaired) electrons. The number of hydrogen-bond acceptors (Lipinski definition) is 2. The van der Waals surface area contributed by atoms with Crippen LogP contribution in [0.4, 0.5) is 0 Å². The maximum atomic E-state index is 9.06. The van der Waals surface area contributed by atoms with Crippen LogP contribution in [0.2, 0.25) is 0 Å². The molecule has 84 valence electrons. The van der Waals surface area contributed by atoms with Gasteiger partial charge in [-0.1, -0.05) is 12.5 Å². The zero-order chi connectivity index (χ0) is 11.4. The first-order valence-corrected chi connectivity index (χ1v) is 6.27. The van der Waals surface area contributed by atoms with Crippen molar-refractivity contribution in [3.63, 3.8) is 0 Å². The van der Waals surface area contributed by atoms with Crippen LogP contribution in [0.25, 0.3) is 11.0 Å². The molecule has 3 nitrogen and oxygen atoms in total. The molecule has 0 saturated heterocycles. The lowest BCUT2D eigenvalue weighted by molar-refractivity contribution is 0.664. The first-order valence-electron chi connectivity index (χ1n) is 6.27. The van der Waals surface area contributed by atoms with Gasteiger partial charge in [-0.2, -0.15) is 5.26 Å². The lowest BCUT2D eigenvalue weighted by atomic mass is 10.1. The van der Waals surface area contributed by atoms with Crippen LogP contribution in [0.3, 0.4) is 0 Å². The largest absolute Gasteiger partial charge is 0.342 e. The third kappa shape index (κ3) is 1.18. The SMILES string of the molecule is N#Cc1cccc2[nH]c(C3C4CCCC43)nc12. The quantitative estimate of drug-likeness (QED) is 0.808. The van der Waals surface area contributed by atoms with Crippen molar-refractivity contribution in [2.45, 2.75) is 25.2 Å². The van der Waals surface area contributed by atoms with E-state index in [1.54, 1.807) is 0 Å². The Kier molecular flexibility index (Phi) is 1.69. The number of para-hydroxylation sites is 1. The summed E-state index contributed by atoms with van der Waals surface area (Å²) in [5.41, 5.74) is 2.52. The number of aromatic nitrogens is 2. The molecule has 2 aliphatic rings. The number of H-pyrrole nitrogens is 1. The summed E-state index contributed by atoms with van der Waals surface area (Å²) < 4.78 is 0. The summed E-state index contributed by atoms with van der Waals surface area (Å²) >= 11 is 0. The number of nitrogens with one attached hydrogen (secondary N) is 1. The van der Waals surface area contributed by atoms with Crippen molar-refractivity contribution in [1.82, 2.24) is 9.97 Å². The van der Waals surface area contributed by atoms with Gasteiger partial charge in [-0.3, -0.25) is 0 Å². The standard InChI is InChI=1S/C14H13N3/c15-7-8-3-1-6-11-13(8)17-14(16-11)12-9-4-2-5-10(9)12/h1,3,6,9-10,12H,2,4-5H2,(H,16,17). The molecule has 1 heterocycles. The molecule has 2 aromatic rings. The first kappa shape index (κ1) is 9.23. The number of aromatic amines is 1. The van der Waals surface area contributed by atoms with Gasteiger partial charge in [0.2, 0.25) is 0 Å². The average Bonchev–Trinajstić information content (AvgIpc) is 2.77. The fourth-order valence-electron chi connectivity index (χ4n) is 3.53. The fraction of sp³-hybridized carbons (Fsp3) is 0.429. The Balaban J connectivity index is 1.81. The number of imidazole rings is 1. The van der Waals surface area contributed by atoms with Gasteiger partial charge in [0.05, 0.1) is 11.1 Å². The zero-order valence-electron chi connectivity index (χ0n) is 9.48. The molecule has 2 fully saturated rings. The minimum absolute atomic E-state index is 0.641. The summed E-state index contributed by atoms with van der Waals surface area (Å²) in [5.74, 6) is 3.47. The van der Waals surface area contributed by atoms with Gasteiger partial charge in [0.15, 0.2) is 0 Å². The van der Waals surface area contributed by atoms with Crippen LogP contribution in [0.15, 0.2) is 18.2 Å². The Morgan fingerprint density at radius 1 is 1.29 bits per heavy atom. The summed E-state index contributed by atoms with van der Waals surface area (Å²) in [6, 6.07) is 7.96. The maximum Gasteiger partial charge on any atom is 0.110 e. The molecule has 2 saturated carbocycles. The summed E-state index contributed by atoms with van der Waals surface area (Å²) in [7, 11) is 0. The number of nitrogens with zero attached hydrogens (tertiary/aromatic N) is 2. The number of nitriles is 1. The number of rotatable bonds is 1. The highest BCUT2D eigenvalue weighted by molar-refractivity contribution is 5.81. The van der Waals surface area contributed by atoms with Gasteiger partial charge in [0.1, 0.15) is 17.4 Å². The van der Waals surface area contributed by atoms with E-state index in [0.29, 0.717) is 11.5 Å². The smallest absolute Gasteiger partial charge is 0.110 e. The lowest BCUT2D eigenvalue weighted by Crippen LogP contribution is -1.89. The van der Waals surface area contributed by atoms with E-state index in [9.17, 15) is 0 Å². The molecule has 1 N–H and O–H groups in total. The van der Waals surface area contributed by atoms with E-state index in [4.69, 9.17) is 5.26 Å². The average molecular weight is 223 g/mol. The minimum atomic E-state index is 0.641. The molecule has 2 atom stereocenters. The molecule has 0 bridgehead atoms. The number of benzene rings is 1. The molecule has 0 aliphatic heterocycles. The minimum Gasteiger partial charge on any atom is -0.342 e. The van der Waals surface area contributed by atoms with Crippen LogP contribution in [-0.2, 0) is 0 Å². The van der Waals surface area contributed by atoms with Gasteiger partial charge in [-0.25, -0.2) is 4.98 Å². The van der Waals surface area contributed by atoms with Crippen LogP contribution in [0, 0.1) is 23.2 Å². The molecule has 0 amide bonds. The van der Waals surface area contributed by atoms with Crippen molar-refractivity contribution in [3.05, 3.63) is 29.6 Å². The maximum absolute atomic E-state index is 9.06. The Bertz CT molecular complexity index is 624.